The van der Waals surface area contributed by atoms with Gasteiger partial charge in [0.15, 0.2) is 0 Å². The SMILES string of the molecule is Cc1ccoc1C(Cc1ccc(C(C)C)cc1)NN. The van der Waals surface area contributed by atoms with Crippen LogP contribution in [-0.4, -0.2) is 0 Å². The molecule has 1 unspecified atom stereocenters. The molecular weight excluding hydrogens is 236 g/mol. The minimum atomic E-state index is 0.0138. The van der Waals surface area contributed by atoms with Gasteiger partial charge in [0.05, 0.1) is 12.3 Å². The molecule has 1 heterocycles. The van der Waals surface area contributed by atoms with Crippen LogP contribution in [0.2, 0.25) is 0 Å². The molecule has 0 aliphatic heterocycles. The van der Waals surface area contributed by atoms with E-state index in [0.717, 1.165) is 17.7 Å². The number of nitrogens with two attached hydrogens (primary N) is 1. The highest BCUT2D eigenvalue weighted by Gasteiger charge is 2.16. The van der Waals surface area contributed by atoms with Crippen molar-refractivity contribution < 1.29 is 4.42 Å². The first-order valence-electron chi connectivity index (χ1n) is 6.70. The molecule has 0 spiro atoms. The van der Waals surface area contributed by atoms with Crippen LogP contribution >= 0.6 is 0 Å². The monoisotopic (exact) mass is 258 g/mol. The molecule has 3 nitrogen and oxygen atoms in total. The Bertz CT molecular complexity index is 514. The zero-order valence-electron chi connectivity index (χ0n) is 11.8. The Hall–Kier alpha value is -1.58. The molecule has 0 aliphatic rings. The second-order valence-electron chi connectivity index (χ2n) is 5.29. The summed E-state index contributed by atoms with van der Waals surface area (Å²) >= 11 is 0. The quantitative estimate of drug-likeness (QED) is 0.638. The molecule has 3 N–H and O–H groups in total. The third-order valence-corrected chi connectivity index (χ3v) is 3.51. The third kappa shape index (κ3) is 3.25. The number of benzene rings is 1. The Morgan fingerprint density at radius 1 is 1.16 bits per heavy atom. The van der Waals surface area contributed by atoms with Gasteiger partial charge in [-0.2, -0.15) is 0 Å². The molecular formula is C16H22N2O. The maximum Gasteiger partial charge on any atom is 0.125 e. The van der Waals surface area contributed by atoms with E-state index in [-0.39, 0.29) is 6.04 Å². The Kier molecular flexibility index (Phi) is 4.40. The average molecular weight is 258 g/mol. The van der Waals surface area contributed by atoms with Gasteiger partial charge in [-0.25, -0.2) is 5.43 Å². The summed E-state index contributed by atoms with van der Waals surface area (Å²) in [5, 5.41) is 0. The largest absolute Gasteiger partial charge is 0.467 e. The van der Waals surface area contributed by atoms with Gasteiger partial charge in [0.2, 0.25) is 0 Å². The summed E-state index contributed by atoms with van der Waals surface area (Å²) in [4.78, 5) is 0. The van der Waals surface area contributed by atoms with E-state index < -0.39 is 0 Å². The minimum Gasteiger partial charge on any atom is -0.467 e. The molecule has 102 valence electrons. The van der Waals surface area contributed by atoms with Crippen molar-refractivity contribution in [1.82, 2.24) is 5.43 Å². The first kappa shape index (κ1) is 13.8. The number of hydrazine groups is 1. The van der Waals surface area contributed by atoms with E-state index >= 15 is 0 Å². The summed E-state index contributed by atoms with van der Waals surface area (Å²) in [6, 6.07) is 10.7. The number of furan rings is 1. The van der Waals surface area contributed by atoms with Crippen LogP contribution in [0.15, 0.2) is 41.0 Å². The van der Waals surface area contributed by atoms with Crippen molar-refractivity contribution in [3.05, 3.63) is 59.0 Å². The minimum absolute atomic E-state index is 0.0138. The van der Waals surface area contributed by atoms with Gasteiger partial charge < -0.3 is 4.42 Å². The molecule has 1 aromatic carbocycles. The maximum absolute atomic E-state index is 5.65. The number of aryl methyl sites for hydroxylation is 1. The molecule has 2 aromatic rings. The van der Waals surface area contributed by atoms with Crippen LogP contribution in [-0.2, 0) is 6.42 Å². The molecule has 19 heavy (non-hydrogen) atoms. The Morgan fingerprint density at radius 2 is 1.84 bits per heavy atom. The zero-order chi connectivity index (χ0) is 13.8. The van der Waals surface area contributed by atoms with Crippen LogP contribution in [0.25, 0.3) is 0 Å². The molecule has 0 saturated heterocycles. The van der Waals surface area contributed by atoms with Crippen LogP contribution in [0.4, 0.5) is 0 Å². The van der Waals surface area contributed by atoms with Gasteiger partial charge in [0.1, 0.15) is 5.76 Å². The van der Waals surface area contributed by atoms with Crippen molar-refractivity contribution in [3.63, 3.8) is 0 Å². The lowest BCUT2D eigenvalue weighted by molar-refractivity contribution is 0.413. The van der Waals surface area contributed by atoms with E-state index in [2.05, 4.69) is 43.5 Å². The summed E-state index contributed by atoms with van der Waals surface area (Å²) in [5.41, 5.74) is 6.57. The second-order valence-corrected chi connectivity index (χ2v) is 5.29. The van der Waals surface area contributed by atoms with E-state index in [1.807, 2.05) is 13.0 Å². The van der Waals surface area contributed by atoms with Gasteiger partial charge in [0.25, 0.3) is 0 Å². The lowest BCUT2D eigenvalue weighted by Crippen LogP contribution is -2.29. The Morgan fingerprint density at radius 3 is 2.32 bits per heavy atom. The highest BCUT2D eigenvalue weighted by Crippen LogP contribution is 2.23. The molecule has 0 amide bonds. The number of rotatable bonds is 5. The van der Waals surface area contributed by atoms with Crippen molar-refractivity contribution >= 4 is 0 Å². The Labute approximate surface area is 114 Å². The fraction of sp³-hybridized carbons (Fsp3) is 0.375. The predicted molar refractivity (Wildman–Crippen MR) is 77.7 cm³/mol. The molecule has 0 saturated carbocycles. The van der Waals surface area contributed by atoms with Crippen molar-refractivity contribution in [2.75, 3.05) is 0 Å². The summed E-state index contributed by atoms with van der Waals surface area (Å²) in [6.45, 7) is 6.43. The van der Waals surface area contributed by atoms with E-state index in [9.17, 15) is 0 Å². The molecule has 3 heteroatoms. The van der Waals surface area contributed by atoms with Crippen molar-refractivity contribution in [2.24, 2.45) is 5.84 Å². The second kappa shape index (κ2) is 6.04. The van der Waals surface area contributed by atoms with Gasteiger partial charge in [0, 0.05) is 0 Å². The van der Waals surface area contributed by atoms with Gasteiger partial charge in [-0.05, 0) is 42.0 Å². The summed E-state index contributed by atoms with van der Waals surface area (Å²) < 4.78 is 5.51. The molecule has 1 atom stereocenters. The fourth-order valence-electron chi connectivity index (χ4n) is 2.24. The summed E-state index contributed by atoms with van der Waals surface area (Å²) in [6.07, 6.45) is 2.53. The average Bonchev–Trinajstić information content (AvgIpc) is 2.83. The first-order chi connectivity index (χ1) is 9.11. The number of hydrogen-bond donors (Lipinski definition) is 2. The molecule has 0 bridgehead atoms. The fourth-order valence-corrected chi connectivity index (χ4v) is 2.24. The summed E-state index contributed by atoms with van der Waals surface area (Å²) in [5.74, 6) is 7.12. The summed E-state index contributed by atoms with van der Waals surface area (Å²) in [7, 11) is 0. The van der Waals surface area contributed by atoms with E-state index in [4.69, 9.17) is 10.3 Å². The molecule has 0 aliphatic carbocycles. The highest BCUT2D eigenvalue weighted by atomic mass is 16.3. The molecule has 1 aromatic heterocycles. The van der Waals surface area contributed by atoms with E-state index in [1.54, 1.807) is 6.26 Å². The first-order valence-corrected chi connectivity index (χ1v) is 6.70. The smallest absolute Gasteiger partial charge is 0.125 e. The number of nitrogens with one attached hydrogen (secondary N) is 1. The lowest BCUT2D eigenvalue weighted by atomic mass is 9.98. The zero-order valence-corrected chi connectivity index (χ0v) is 11.8. The normalized spacial score (nSPS) is 12.9. The van der Waals surface area contributed by atoms with Crippen LogP contribution in [0.5, 0.6) is 0 Å². The number of hydrogen-bond acceptors (Lipinski definition) is 3. The molecule has 0 fully saturated rings. The Balaban J connectivity index is 2.13. The third-order valence-electron chi connectivity index (χ3n) is 3.51. The predicted octanol–water partition coefficient (Wildman–Crippen LogP) is 3.46. The highest BCUT2D eigenvalue weighted by molar-refractivity contribution is 5.27. The van der Waals surface area contributed by atoms with Crippen LogP contribution in [0.1, 0.15) is 48.3 Å². The maximum atomic E-state index is 5.65. The molecule has 0 radical (unpaired) electrons. The molecule has 2 rings (SSSR count). The van der Waals surface area contributed by atoms with Gasteiger partial charge in [-0.15, -0.1) is 0 Å². The van der Waals surface area contributed by atoms with Crippen molar-refractivity contribution in [1.29, 1.82) is 0 Å². The topological polar surface area (TPSA) is 51.2 Å². The standard InChI is InChI=1S/C16H22N2O/c1-11(2)14-6-4-13(5-7-14)10-15(18-17)16-12(3)8-9-19-16/h4-9,11,15,18H,10,17H2,1-3H3. The van der Waals surface area contributed by atoms with Crippen LogP contribution in [0, 0.1) is 6.92 Å². The van der Waals surface area contributed by atoms with Gasteiger partial charge >= 0.3 is 0 Å². The van der Waals surface area contributed by atoms with Crippen molar-refractivity contribution in [2.45, 2.75) is 39.2 Å². The van der Waals surface area contributed by atoms with Crippen molar-refractivity contribution in [3.8, 4) is 0 Å². The van der Waals surface area contributed by atoms with Gasteiger partial charge in [-0.1, -0.05) is 38.1 Å². The van der Waals surface area contributed by atoms with Crippen LogP contribution in [0.3, 0.4) is 0 Å². The van der Waals surface area contributed by atoms with Crippen LogP contribution < -0.4 is 11.3 Å². The van der Waals surface area contributed by atoms with E-state index in [0.29, 0.717) is 5.92 Å². The lowest BCUT2D eigenvalue weighted by Gasteiger charge is -2.15. The van der Waals surface area contributed by atoms with Gasteiger partial charge in [-0.3, -0.25) is 5.84 Å². The van der Waals surface area contributed by atoms with E-state index in [1.165, 1.54) is 11.1 Å².